The molecule has 0 spiro atoms. The molecule has 3 rings (SSSR count). The summed E-state index contributed by atoms with van der Waals surface area (Å²) >= 11 is 0. The van der Waals surface area contributed by atoms with Gasteiger partial charge in [-0.25, -0.2) is 0 Å². The van der Waals surface area contributed by atoms with Crippen LogP contribution in [0.15, 0.2) is 54.6 Å². The fourth-order valence-corrected chi connectivity index (χ4v) is 2.59. The summed E-state index contributed by atoms with van der Waals surface area (Å²) in [6, 6.07) is 19.7. The molecular formula is C14H13B. The number of hydrogen-bond donors (Lipinski definition) is 0. The molecule has 0 atom stereocenters. The van der Waals surface area contributed by atoms with E-state index in [2.05, 4.69) is 54.6 Å². The van der Waals surface area contributed by atoms with Crippen molar-refractivity contribution in [2.45, 2.75) is 12.7 Å². The molecule has 0 nitrogen and oxygen atoms in total. The van der Waals surface area contributed by atoms with E-state index < -0.39 is 0 Å². The minimum atomic E-state index is 0.627. The highest BCUT2D eigenvalue weighted by Crippen LogP contribution is 2.13. The van der Waals surface area contributed by atoms with Crippen molar-refractivity contribution in [3.63, 3.8) is 0 Å². The Bertz CT molecular complexity index is 462. The summed E-state index contributed by atoms with van der Waals surface area (Å²) < 4.78 is 0. The van der Waals surface area contributed by atoms with Crippen molar-refractivity contribution in [3.05, 3.63) is 60.2 Å². The minimum Gasteiger partial charge on any atom is -0.0742 e. The lowest BCUT2D eigenvalue weighted by Crippen LogP contribution is -2.38. The van der Waals surface area contributed by atoms with Gasteiger partial charge in [0, 0.05) is 0 Å². The molecule has 1 heterocycles. The van der Waals surface area contributed by atoms with E-state index in [-0.39, 0.29) is 0 Å². The normalized spacial score (nSPS) is 14.0. The average Bonchev–Trinajstić information content (AvgIpc) is 2.74. The molecule has 2 aromatic carbocycles. The Morgan fingerprint density at radius 1 is 0.800 bits per heavy atom. The molecule has 0 fully saturated rings. The fourth-order valence-electron chi connectivity index (χ4n) is 2.59. The number of benzene rings is 2. The van der Waals surface area contributed by atoms with Crippen LogP contribution in [0.3, 0.4) is 0 Å². The van der Waals surface area contributed by atoms with E-state index in [9.17, 15) is 0 Å². The van der Waals surface area contributed by atoms with Gasteiger partial charge >= 0.3 is 0 Å². The third-order valence-electron chi connectivity index (χ3n) is 3.33. The molecule has 0 saturated carbocycles. The van der Waals surface area contributed by atoms with Gasteiger partial charge in [-0.3, -0.25) is 0 Å². The second-order valence-electron chi connectivity index (χ2n) is 4.20. The lowest BCUT2D eigenvalue weighted by atomic mass is 9.41. The van der Waals surface area contributed by atoms with Gasteiger partial charge < -0.3 is 0 Å². The van der Waals surface area contributed by atoms with Crippen LogP contribution in [0.2, 0.25) is 6.32 Å². The van der Waals surface area contributed by atoms with Crippen LogP contribution >= 0.6 is 0 Å². The maximum atomic E-state index is 2.28. The largest absolute Gasteiger partial charge is 0.209 e. The van der Waals surface area contributed by atoms with Crippen molar-refractivity contribution < 1.29 is 0 Å². The molecule has 0 N–H and O–H groups in total. The smallest absolute Gasteiger partial charge is 0.0742 e. The Balaban J connectivity index is 2.05. The summed E-state index contributed by atoms with van der Waals surface area (Å²) in [5.41, 5.74) is 4.53. The van der Waals surface area contributed by atoms with E-state index in [0.29, 0.717) is 6.71 Å². The minimum absolute atomic E-state index is 0.627. The van der Waals surface area contributed by atoms with Crippen molar-refractivity contribution in [2.24, 2.45) is 0 Å². The van der Waals surface area contributed by atoms with Gasteiger partial charge in [0.25, 0.3) is 0 Å². The van der Waals surface area contributed by atoms with E-state index >= 15 is 0 Å². The summed E-state index contributed by atoms with van der Waals surface area (Å²) in [7, 11) is 0. The lowest BCUT2D eigenvalue weighted by Gasteiger charge is -2.07. The molecular weight excluding hydrogens is 179 g/mol. The van der Waals surface area contributed by atoms with Crippen LogP contribution in [0.25, 0.3) is 0 Å². The van der Waals surface area contributed by atoms with Gasteiger partial charge in [-0.15, -0.1) is 0 Å². The lowest BCUT2D eigenvalue weighted by molar-refractivity contribution is 1.17. The van der Waals surface area contributed by atoms with E-state index in [1.165, 1.54) is 29.2 Å². The summed E-state index contributed by atoms with van der Waals surface area (Å²) in [5, 5.41) is 0. The molecule has 0 bridgehead atoms. The third-order valence-corrected chi connectivity index (χ3v) is 3.33. The standard InChI is InChI=1S/C14H13B/c1-2-7-13(8-3-1)15-11-10-12-6-4-5-9-14(12)15/h1-9H,10-11H2. The molecule has 72 valence electrons. The van der Waals surface area contributed by atoms with Gasteiger partial charge in [0.05, 0.1) is 0 Å². The highest BCUT2D eigenvalue weighted by atomic mass is 14.1. The second-order valence-corrected chi connectivity index (χ2v) is 4.20. The van der Waals surface area contributed by atoms with E-state index in [4.69, 9.17) is 0 Å². The zero-order valence-electron chi connectivity index (χ0n) is 8.69. The van der Waals surface area contributed by atoms with Gasteiger partial charge in [-0.1, -0.05) is 77.4 Å². The van der Waals surface area contributed by atoms with E-state index in [1.807, 2.05) is 0 Å². The molecule has 15 heavy (non-hydrogen) atoms. The molecule has 0 amide bonds. The first-order chi connectivity index (χ1) is 7.45. The van der Waals surface area contributed by atoms with E-state index in [0.717, 1.165) is 0 Å². The van der Waals surface area contributed by atoms with Crippen LogP contribution in [0.5, 0.6) is 0 Å². The Morgan fingerprint density at radius 3 is 2.40 bits per heavy atom. The fraction of sp³-hybridized carbons (Fsp3) is 0.143. The van der Waals surface area contributed by atoms with Crippen LogP contribution in [-0.4, -0.2) is 6.71 Å². The summed E-state index contributed by atoms with van der Waals surface area (Å²) in [6.07, 6.45) is 2.50. The van der Waals surface area contributed by atoms with Crippen LogP contribution in [-0.2, 0) is 6.42 Å². The molecule has 0 radical (unpaired) electrons. The van der Waals surface area contributed by atoms with Crippen LogP contribution in [0.4, 0.5) is 0 Å². The molecule has 2 aromatic rings. The zero-order chi connectivity index (χ0) is 10.1. The number of rotatable bonds is 1. The zero-order valence-corrected chi connectivity index (χ0v) is 8.69. The molecule has 0 aromatic heterocycles. The Morgan fingerprint density at radius 2 is 1.53 bits per heavy atom. The summed E-state index contributed by atoms with van der Waals surface area (Å²) in [4.78, 5) is 0. The molecule has 0 aliphatic carbocycles. The quantitative estimate of drug-likeness (QED) is 0.605. The highest BCUT2D eigenvalue weighted by Gasteiger charge is 2.26. The maximum Gasteiger partial charge on any atom is 0.209 e. The van der Waals surface area contributed by atoms with Crippen LogP contribution in [0, 0.1) is 0 Å². The first-order valence-corrected chi connectivity index (χ1v) is 5.58. The number of fused-ring (bicyclic) bond motifs is 1. The monoisotopic (exact) mass is 192 g/mol. The van der Waals surface area contributed by atoms with Gasteiger partial charge in [0.1, 0.15) is 0 Å². The first-order valence-electron chi connectivity index (χ1n) is 5.58. The SMILES string of the molecule is c1ccc(B2CCc3ccccc32)cc1. The van der Waals surface area contributed by atoms with E-state index in [1.54, 1.807) is 0 Å². The van der Waals surface area contributed by atoms with Crippen molar-refractivity contribution in [3.8, 4) is 0 Å². The third kappa shape index (κ3) is 1.48. The summed E-state index contributed by atoms with van der Waals surface area (Å²) in [5.74, 6) is 0. The first kappa shape index (κ1) is 8.78. The average molecular weight is 192 g/mol. The Kier molecular flexibility index (Phi) is 2.10. The Labute approximate surface area is 91.0 Å². The van der Waals surface area contributed by atoms with Crippen molar-refractivity contribution >= 4 is 17.6 Å². The second kappa shape index (κ2) is 3.58. The summed E-state index contributed by atoms with van der Waals surface area (Å²) in [6.45, 7) is 0.627. The van der Waals surface area contributed by atoms with Gasteiger partial charge in [-0.05, 0) is 6.42 Å². The molecule has 0 saturated heterocycles. The van der Waals surface area contributed by atoms with Crippen molar-refractivity contribution in [1.82, 2.24) is 0 Å². The van der Waals surface area contributed by atoms with Gasteiger partial charge in [0.2, 0.25) is 6.71 Å². The number of aryl methyl sites for hydroxylation is 1. The molecule has 1 aliphatic rings. The van der Waals surface area contributed by atoms with Crippen LogP contribution in [0.1, 0.15) is 5.56 Å². The Hall–Kier alpha value is -1.50. The highest BCUT2D eigenvalue weighted by molar-refractivity contribution is 6.86. The van der Waals surface area contributed by atoms with Crippen LogP contribution < -0.4 is 10.9 Å². The van der Waals surface area contributed by atoms with Gasteiger partial charge in [0.15, 0.2) is 0 Å². The topological polar surface area (TPSA) is 0 Å². The van der Waals surface area contributed by atoms with Gasteiger partial charge in [-0.2, -0.15) is 0 Å². The predicted octanol–water partition coefficient (Wildman–Crippen LogP) is 1.85. The number of hydrogen-bond acceptors (Lipinski definition) is 0. The predicted molar refractivity (Wildman–Crippen MR) is 66.4 cm³/mol. The maximum absolute atomic E-state index is 2.28. The van der Waals surface area contributed by atoms with Crippen molar-refractivity contribution in [1.29, 1.82) is 0 Å². The molecule has 1 heteroatoms. The van der Waals surface area contributed by atoms with Crippen molar-refractivity contribution in [2.75, 3.05) is 0 Å². The molecule has 1 aliphatic heterocycles. The molecule has 0 unspecified atom stereocenters.